The molecule has 1 N–H and O–H groups in total. The summed E-state index contributed by atoms with van der Waals surface area (Å²) in [5.41, 5.74) is -3.56. The number of carbonyl (C=O) groups is 3. The van der Waals surface area contributed by atoms with Crippen molar-refractivity contribution in [1.29, 1.82) is 0 Å². The van der Waals surface area contributed by atoms with Gasteiger partial charge in [-0.15, -0.1) is 0 Å². The van der Waals surface area contributed by atoms with Crippen molar-refractivity contribution >= 4 is 27.3 Å². The summed E-state index contributed by atoms with van der Waals surface area (Å²) < 4.78 is 72.6. The van der Waals surface area contributed by atoms with E-state index < -0.39 is 79.0 Å². The van der Waals surface area contributed by atoms with Crippen molar-refractivity contribution in [3.63, 3.8) is 0 Å². The molecule has 8 nitrogen and oxygen atoms in total. The molecule has 0 unspecified atom stereocenters. The number of ether oxygens (including phenoxy) is 1. The zero-order valence-electron chi connectivity index (χ0n) is 18.3. The van der Waals surface area contributed by atoms with Crippen molar-refractivity contribution in [2.75, 3.05) is 26.0 Å². The Labute approximate surface area is 188 Å². The van der Waals surface area contributed by atoms with Crippen molar-refractivity contribution in [3.05, 3.63) is 34.6 Å². The van der Waals surface area contributed by atoms with E-state index in [-0.39, 0.29) is 25.8 Å². The number of aliphatic hydroxyl groups is 1. The number of Topliss-reactive ketones (excluding diaryl/α,β-unsaturated/α-hetero) is 2. The number of amides is 1. The number of halogens is 3. The molecular formula is C21H24F3NO7S. The Morgan fingerprint density at radius 2 is 1.82 bits per heavy atom. The predicted octanol–water partition coefficient (Wildman–Crippen LogP) is 3.10. The minimum absolute atomic E-state index is 0.0579. The summed E-state index contributed by atoms with van der Waals surface area (Å²) >= 11 is 0. The number of hydrogen-bond donors (Lipinski definition) is 1. The van der Waals surface area contributed by atoms with Crippen molar-refractivity contribution in [2.45, 2.75) is 44.2 Å². The minimum atomic E-state index is -5.28. The number of benzene rings is 1. The van der Waals surface area contributed by atoms with Gasteiger partial charge in [0.2, 0.25) is 5.78 Å². The van der Waals surface area contributed by atoms with Gasteiger partial charge in [0.15, 0.2) is 28.0 Å². The molecule has 33 heavy (non-hydrogen) atoms. The topological polar surface area (TPSA) is 118 Å². The Morgan fingerprint density at radius 3 is 2.33 bits per heavy atom. The van der Waals surface area contributed by atoms with Crippen LogP contribution in [0.4, 0.5) is 13.2 Å². The van der Waals surface area contributed by atoms with Crippen LogP contribution in [-0.4, -0.2) is 61.9 Å². The van der Waals surface area contributed by atoms with Crippen LogP contribution < -0.4 is 4.74 Å². The zero-order chi connectivity index (χ0) is 25.1. The number of sulfone groups is 1. The van der Waals surface area contributed by atoms with E-state index in [2.05, 4.69) is 0 Å². The van der Waals surface area contributed by atoms with Crippen molar-refractivity contribution in [3.8, 4) is 5.75 Å². The summed E-state index contributed by atoms with van der Waals surface area (Å²) in [4.78, 5) is 37.5. The van der Waals surface area contributed by atoms with Crippen LogP contribution in [0, 0.1) is 0 Å². The predicted molar refractivity (Wildman–Crippen MR) is 111 cm³/mol. The van der Waals surface area contributed by atoms with Crippen LogP contribution in [0.2, 0.25) is 0 Å². The highest BCUT2D eigenvalue weighted by Gasteiger charge is 2.43. The van der Waals surface area contributed by atoms with Gasteiger partial charge in [-0.25, -0.2) is 8.42 Å². The number of allylic oxidation sites excluding steroid dienone is 2. The normalized spacial score (nSPS) is 14.9. The molecule has 0 spiro atoms. The third-order valence-electron chi connectivity index (χ3n) is 5.22. The highest BCUT2D eigenvalue weighted by atomic mass is 32.2. The van der Waals surface area contributed by atoms with E-state index in [1.54, 1.807) is 6.92 Å². The molecule has 0 saturated heterocycles. The molecule has 2 rings (SSSR count). The first kappa shape index (κ1) is 26.4. The first-order valence-electron chi connectivity index (χ1n) is 10.1. The first-order valence-corrected chi connectivity index (χ1v) is 11.7. The van der Waals surface area contributed by atoms with Crippen LogP contribution in [0.15, 0.2) is 28.4 Å². The molecule has 1 aliphatic carbocycles. The molecule has 0 saturated carbocycles. The van der Waals surface area contributed by atoms with Gasteiger partial charge >= 0.3 is 6.18 Å². The maximum atomic E-state index is 14.2. The van der Waals surface area contributed by atoms with Crippen LogP contribution in [0.5, 0.6) is 5.75 Å². The van der Waals surface area contributed by atoms with E-state index in [0.29, 0.717) is 6.07 Å². The van der Waals surface area contributed by atoms with Crippen molar-refractivity contribution in [2.24, 2.45) is 0 Å². The van der Waals surface area contributed by atoms with E-state index in [4.69, 9.17) is 4.74 Å². The Morgan fingerprint density at radius 1 is 1.18 bits per heavy atom. The maximum absolute atomic E-state index is 14.2. The number of aliphatic hydroxyl groups excluding tert-OH is 1. The fourth-order valence-corrected chi connectivity index (χ4v) is 4.25. The molecular weight excluding hydrogens is 467 g/mol. The van der Waals surface area contributed by atoms with Crippen LogP contribution in [0.1, 0.15) is 49.0 Å². The molecule has 1 aromatic carbocycles. The van der Waals surface area contributed by atoms with Gasteiger partial charge in [-0.3, -0.25) is 14.4 Å². The lowest BCUT2D eigenvalue weighted by molar-refractivity contribution is -0.141. The van der Waals surface area contributed by atoms with Crippen LogP contribution in [-0.2, 0) is 25.6 Å². The molecule has 1 aromatic rings. The average molecular weight is 491 g/mol. The lowest BCUT2D eigenvalue weighted by Crippen LogP contribution is -2.32. The first-order chi connectivity index (χ1) is 15.3. The maximum Gasteiger partial charge on any atom is 0.420 e. The van der Waals surface area contributed by atoms with Gasteiger partial charge in [0, 0.05) is 32.0 Å². The summed E-state index contributed by atoms with van der Waals surface area (Å²) in [6.07, 6.45) is -5.23. The van der Waals surface area contributed by atoms with E-state index >= 15 is 0 Å². The molecule has 182 valence electrons. The number of carbonyl (C=O) groups excluding carboxylic acids is 3. The summed E-state index contributed by atoms with van der Waals surface area (Å²) in [5.74, 6) is -5.32. The highest BCUT2D eigenvalue weighted by molar-refractivity contribution is 7.91. The summed E-state index contributed by atoms with van der Waals surface area (Å²) in [5, 5.41) is 10.00. The van der Waals surface area contributed by atoms with E-state index in [1.165, 1.54) is 14.0 Å². The molecule has 0 fully saturated rings. The van der Waals surface area contributed by atoms with Gasteiger partial charge in [-0.1, -0.05) is 6.92 Å². The van der Waals surface area contributed by atoms with Gasteiger partial charge in [0.25, 0.3) is 5.91 Å². The second kappa shape index (κ2) is 9.94. The zero-order valence-corrected chi connectivity index (χ0v) is 19.1. The fraction of sp³-hybridized carbons (Fsp3) is 0.476. The minimum Gasteiger partial charge on any atom is -0.511 e. The monoisotopic (exact) mass is 491 g/mol. The standard InChI is InChI=1S/C21H24F3NO7S/c1-4-25(3)16(28)11-32-20-15(33(30,31)5-2)10-9-12(18(20)21(22,23)24)19(29)17-13(26)7-6-8-14(17)27/h9-10,26H,4-8,11H2,1-3H3. The molecule has 0 atom stereocenters. The number of alkyl halides is 3. The summed E-state index contributed by atoms with van der Waals surface area (Å²) in [6, 6.07) is 1.41. The molecule has 1 amide bonds. The summed E-state index contributed by atoms with van der Waals surface area (Å²) in [6.45, 7) is 2.14. The summed E-state index contributed by atoms with van der Waals surface area (Å²) in [7, 11) is -2.88. The van der Waals surface area contributed by atoms with E-state index in [1.807, 2.05) is 0 Å². The number of nitrogens with zero attached hydrogens (tertiary/aromatic N) is 1. The van der Waals surface area contributed by atoms with Gasteiger partial charge in [0.05, 0.1) is 5.75 Å². The van der Waals surface area contributed by atoms with Crippen molar-refractivity contribution in [1.82, 2.24) is 4.90 Å². The Hall–Kier alpha value is -2.89. The second-order valence-electron chi connectivity index (χ2n) is 7.34. The smallest absolute Gasteiger partial charge is 0.420 e. The largest absolute Gasteiger partial charge is 0.511 e. The van der Waals surface area contributed by atoms with Crippen LogP contribution >= 0.6 is 0 Å². The number of likely N-dealkylation sites (N-methyl/N-ethyl adjacent to an activating group) is 1. The average Bonchev–Trinajstić information content (AvgIpc) is 2.75. The molecule has 1 aliphatic rings. The molecule has 0 aliphatic heterocycles. The third-order valence-corrected chi connectivity index (χ3v) is 6.97. The fourth-order valence-electron chi connectivity index (χ4n) is 3.22. The van der Waals surface area contributed by atoms with Crippen LogP contribution in [0.25, 0.3) is 0 Å². The van der Waals surface area contributed by atoms with E-state index in [0.717, 1.165) is 11.0 Å². The van der Waals surface area contributed by atoms with Gasteiger partial charge in [-0.2, -0.15) is 13.2 Å². The molecule has 0 radical (unpaired) electrons. The molecule has 0 heterocycles. The third kappa shape index (κ3) is 5.55. The lowest BCUT2D eigenvalue weighted by atomic mass is 9.88. The van der Waals surface area contributed by atoms with Crippen molar-refractivity contribution < 1.29 is 45.8 Å². The molecule has 12 heteroatoms. The lowest BCUT2D eigenvalue weighted by Gasteiger charge is -2.22. The SMILES string of the molecule is CCN(C)C(=O)COc1c(S(=O)(=O)CC)ccc(C(=O)C2=C(O)CCCC2=O)c1C(F)(F)F. The quantitative estimate of drug-likeness (QED) is 0.439. The molecule has 0 aromatic heterocycles. The molecule has 0 bridgehead atoms. The van der Waals surface area contributed by atoms with Crippen LogP contribution in [0.3, 0.4) is 0 Å². The highest BCUT2D eigenvalue weighted by Crippen LogP contribution is 2.44. The Bertz CT molecular complexity index is 1110. The number of ketones is 2. The number of hydrogen-bond acceptors (Lipinski definition) is 7. The van der Waals surface area contributed by atoms with Gasteiger partial charge in [0.1, 0.15) is 21.8 Å². The Kier molecular flexibility index (Phi) is 7.94. The number of rotatable bonds is 8. The van der Waals surface area contributed by atoms with E-state index in [9.17, 15) is 41.1 Å². The van der Waals surface area contributed by atoms with Gasteiger partial charge < -0.3 is 14.7 Å². The second-order valence-corrected chi connectivity index (χ2v) is 9.59. The Balaban J connectivity index is 2.79. The van der Waals surface area contributed by atoms with Gasteiger partial charge in [-0.05, 0) is 25.5 Å².